The fourth-order valence-electron chi connectivity index (χ4n) is 19.7. The summed E-state index contributed by atoms with van der Waals surface area (Å²) in [6, 6.07) is 23.6. The average Bonchev–Trinajstić information content (AvgIpc) is 1.53. The molecule has 14 nitrogen and oxygen atoms in total. The minimum Gasteiger partial charge on any atom is -0.504 e. The maximum Gasteiger partial charge on any atom is 0.189 e. The summed E-state index contributed by atoms with van der Waals surface area (Å²) >= 11 is 0. The fraction of sp³-hybridized carbons (Fsp3) is 0.608. The van der Waals surface area contributed by atoms with Crippen molar-refractivity contribution in [3.63, 3.8) is 0 Å². The van der Waals surface area contributed by atoms with Gasteiger partial charge in [0.2, 0.25) is 0 Å². The Morgan fingerprint density at radius 1 is 0.889 bits per heavy atom. The summed E-state index contributed by atoms with van der Waals surface area (Å²) in [5, 5.41) is 53.1. The van der Waals surface area contributed by atoms with Crippen LogP contribution in [0.15, 0.2) is 113 Å². The summed E-state index contributed by atoms with van der Waals surface area (Å²) < 4.78 is 5.69. The third kappa shape index (κ3) is 14.7. The van der Waals surface area contributed by atoms with E-state index in [1.54, 1.807) is 33.7 Å². The number of allylic oxidation sites excluding steroid dienone is 3. The standard InChI is InChI=1S/C74H102N8O6S2/c1-47(84)41-79-68-40-72(39-63-61-22-27-77-42-55(61)30-53-14-9-26-78-69(53)63)36-51-18-20-67(72)74(68)25-21-52(38-74)37-73(23-6-7-24-73)82-71(76)81-46-90-89-45-64-60(19-17-50-13-8-12-49(28-50)16-15-48-10-4-3-5-11-48)56(43-80-70(64)75)31-54-33-65(87)66(88-2)35-62(54)57(44-83)32-59(86)34-58(85)29-51/h3-5,8-14,28,32-33,35,43,47,51-53,55,61,63,67-70,77-80,83-84,87H,6-7,15-27,29-31,34,36-42,44-46,75H2,1-2H3,(H3,76,81,82). The predicted molar refractivity (Wildman–Crippen MR) is 366 cm³/mol. The number of fused-ring (bicyclic) bond motifs is 12. The van der Waals surface area contributed by atoms with Gasteiger partial charge in [0.15, 0.2) is 23.2 Å². The van der Waals surface area contributed by atoms with Crippen LogP contribution in [0.3, 0.4) is 0 Å². The normalized spacial score (nSPS) is 32.7. The van der Waals surface area contributed by atoms with E-state index in [9.17, 15) is 24.9 Å². The van der Waals surface area contributed by atoms with Gasteiger partial charge in [0.25, 0.3) is 0 Å². The van der Waals surface area contributed by atoms with Crippen LogP contribution in [0.5, 0.6) is 11.5 Å². The SMILES string of the molecule is COc1cc2c(cc1O)CC1=CNC(N)C(=C1CCc1cccc(CCc3ccccc3)c1)CSSCN=C(N)NC1(CCCC1)CC1CCC3(C1)C(NCC(C)O)CC1(CC4C5CCNCC5CC5C=CCNC54)CC(CCC13)CC(=O)CC(=O)C=C2CO. The topological polar surface area (TPSA) is 229 Å². The van der Waals surface area contributed by atoms with E-state index in [1.165, 1.54) is 62.0 Å². The van der Waals surface area contributed by atoms with Gasteiger partial charge in [-0.15, -0.1) is 0 Å². The number of nitrogens with one attached hydrogen (secondary N) is 5. The Morgan fingerprint density at radius 3 is 2.49 bits per heavy atom. The molecule has 13 atom stereocenters. The van der Waals surface area contributed by atoms with E-state index in [0.717, 1.165) is 120 Å². The Bertz CT molecular complexity index is 3180. The number of hydrogen-bond donors (Lipinski definition) is 10. The number of nitrogens with two attached hydrogens (primary N) is 2. The summed E-state index contributed by atoms with van der Waals surface area (Å²) in [7, 11) is 4.89. The van der Waals surface area contributed by atoms with Crippen molar-refractivity contribution in [1.82, 2.24) is 26.6 Å². The first-order chi connectivity index (χ1) is 43.7. The Morgan fingerprint density at radius 2 is 1.69 bits per heavy atom. The maximum absolute atomic E-state index is 14.7. The van der Waals surface area contributed by atoms with Crippen LogP contribution in [0.25, 0.3) is 5.57 Å². The number of phenolic OH excluding ortho intramolecular Hbond substituents is 1. The van der Waals surface area contributed by atoms with Crippen LogP contribution < -0.4 is 42.8 Å². The molecule has 10 aliphatic rings. The number of phenols is 1. The number of carbonyl (C=O) groups excluding carboxylic acids is 2. The molecule has 5 saturated carbocycles. The van der Waals surface area contributed by atoms with E-state index in [0.29, 0.717) is 102 Å². The van der Waals surface area contributed by atoms with E-state index in [-0.39, 0.29) is 57.8 Å². The lowest BCUT2D eigenvalue weighted by Gasteiger charge is -2.55. The molecule has 0 aromatic heterocycles. The molecule has 16 heteroatoms. The summed E-state index contributed by atoms with van der Waals surface area (Å²) in [5.41, 5.74) is 22.6. The monoisotopic (exact) mass is 1260 g/mol. The van der Waals surface area contributed by atoms with Gasteiger partial charge in [0.05, 0.1) is 38.3 Å². The molecule has 13 unspecified atom stereocenters. The van der Waals surface area contributed by atoms with Gasteiger partial charge >= 0.3 is 0 Å². The van der Waals surface area contributed by atoms with Crippen LogP contribution in [0.4, 0.5) is 0 Å². The largest absolute Gasteiger partial charge is 0.504 e. The minimum atomic E-state index is -0.468. The van der Waals surface area contributed by atoms with Crippen molar-refractivity contribution in [2.75, 3.05) is 51.5 Å². The second-order valence-corrected chi connectivity index (χ2v) is 31.5. The second kappa shape index (κ2) is 29.2. The van der Waals surface area contributed by atoms with Gasteiger partial charge in [-0.25, -0.2) is 4.99 Å². The third-order valence-corrected chi connectivity index (χ3v) is 25.4. The number of benzene rings is 3. The summed E-state index contributed by atoms with van der Waals surface area (Å²) in [6.07, 6.45) is 27.9. The van der Waals surface area contributed by atoms with Crippen LogP contribution in [0, 0.1) is 52.3 Å². The number of aliphatic hydroxyl groups excluding tert-OH is 2. The highest BCUT2D eigenvalue weighted by atomic mass is 33.1. The molecule has 1 saturated heterocycles. The number of nitrogens with zero attached hydrogens (tertiary/aromatic N) is 1. The number of aryl methyl sites for hydroxylation is 3. The van der Waals surface area contributed by atoms with Gasteiger partial charge in [0, 0.05) is 49.1 Å². The first-order valence-electron chi connectivity index (χ1n) is 34.4. The fourth-order valence-corrected chi connectivity index (χ4v) is 21.6. The highest BCUT2D eigenvalue weighted by Gasteiger charge is 2.66. The molecule has 0 radical (unpaired) electrons. The molecule has 6 fully saturated rings. The molecule has 0 amide bonds. The molecule has 5 aliphatic carbocycles. The van der Waals surface area contributed by atoms with Gasteiger partial charge in [0.1, 0.15) is 5.78 Å². The Labute approximate surface area is 543 Å². The lowest BCUT2D eigenvalue weighted by molar-refractivity contribution is -0.126. The molecule has 90 heavy (non-hydrogen) atoms. The molecule has 5 heterocycles. The van der Waals surface area contributed by atoms with E-state index in [4.69, 9.17) is 21.2 Å². The number of dihydropyridines is 1. The summed E-state index contributed by atoms with van der Waals surface area (Å²) in [4.78, 5) is 34.3. The van der Waals surface area contributed by atoms with Gasteiger partial charge < -0.3 is 58.1 Å². The molecular formula is C74H102N8O6S2. The van der Waals surface area contributed by atoms with Crippen molar-refractivity contribution >= 4 is 44.7 Å². The van der Waals surface area contributed by atoms with Crippen LogP contribution in [-0.2, 0) is 35.3 Å². The molecule has 3 aromatic carbocycles. The number of aromatic hydroxyl groups is 1. The van der Waals surface area contributed by atoms with E-state index in [1.807, 2.05) is 13.1 Å². The van der Waals surface area contributed by atoms with Crippen molar-refractivity contribution in [3.8, 4) is 11.5 Å². The molecule has 12 N–H and O–H groups in total. The number of aliphatic hydroxyl groups is 2. The van der Waals surface area contributed by atoms with Gasteiger partial charge in [-0.1, -0.05) is 101 Å². The number of ether oxygens (including phenoxy) is 1. The Hall–Kier alpha value is -4.91. The zero-order valence-electron chi connectivity index (χ0n) is 53.5. The Balaban J connectivity index is 0.874. The number of carbonyl (C=O) groups is 2. The van der Waals surface area contributed by atoms with Crippen molar-refractivity contribution in [2.45, 2.75) is 178 Å². The maximum atomic E-state index is 14.7. The van der Waals surface area contributed by atoms with Gasteiger partial charge in [-0.05, 0) is 256 Å². The van der Waals surface area contributed by atoms with Crippen LogP contribution in [0.2, 0.25) is 0 Å². The lowest BCUT2D eigenvalue weighted by Crippen LogP contribution is -2.57. The van der Waals surface area contributed by atoms with Crippen molar-refractivity contribution in [1.29, 1.82) is 0 Å². The van der Waals surface area contributed by atoms with Gasteiger partial charge in [-0.3, -0.25) is 9.59 Å². The van der Waals surface area contributed by atoms with Crippen molar-refractivity contribution in [2.24, 2.45) is 68.7 Å². The molecular weight excluding hydrogens is 1160 g/mol. The molecule has 5 aliphatic heterocycles. The third-order valence-electron chi connectivity index (χ3n) is 23.4. The number of methoxy groups -OCH3 is 1. The molecule has 3 aromatic rings. The lowest BCUT2D eigenvalue weighted by atomic mass is 9.52. The minimum absolute atomic E-state index is 0.0158. The highest BCUT2D eigenvalue weighted by molar-refractivity contribution is 8.76. The average molecular weight is 1260 g/mol. The number of Topliss-reactive ketones (excluding diaryl/α,β-unsaturated/α-hetero) is 1. The van der Waals surface area contributed by atoms with Gasteiger partial charge in [-0.2, -0.15) is 0 Å². The number of rotatable bonds is 13. The molecule has 7 bridgehead atoms. The quantitative estimate of drug-likeness (QED) is 0.0436. The van der Waals surface area contributed by atoms with Crippen molar-refractivity contribution < 1.29 is 29.6 Å². The number of ketones is 2. The highest BCUT2D eigenvalue weighted by Crippen LogP contribution is 2.71. The Kier molecular flexibility index (Phi) is 21.1. The number of piperidine rings is 1. The number of aliphatic imine (C=N–C) groups is 1. The summed E-state index contributed by atoms with van der Waals surface area (Å²) in [5.74, 6) is 4.84. The predicted octanol–water partition coefficient (Wildman–Crippen LogP) is 10.4. The molecule has 2 spiro atoms. The first-order valence-corrected chi connectivity index (χ1v) is 36.9. The van der Waals surface area contributed by atoms with Crippen LogP contribution >= 0.6 is 21.6 Å². The zero-order chi connectivity index (χ0) is 62.4. The smallest absolute Gasteiger partial charge is 0.189 e. The number of hydrogen-bond acceptors (Lipinski definition) is 16. The van der Waals surface area contributed by atoms with Crippen molar-refractivity contribution in [3.05, 3.63) is 136 Å². The molecule has 13 rings (SSSR count). The molecule has 486 valence electrons. The first kappa shape index (κ1) is 65.2. The van der Waals surface area contributed by atoms with E-state index in [2.05, 4.69) is 93.3 Å². The summed E-state index contributed by atoms with van der Waals surface area (Å²) in [6.45, 7) is 5.06. The van der Waals surface area contributed by atoms with E-state index >= 15 is 0 Å². The zero-order valence-corrected chi connectivity index (χ0v) is 55.1. The number of guanidine groups is 1. The van der Waals surface area contributed by atoms with Crippen LogP contribution in [0.1, 0.15) is 150 Å². The van der Waals surface area contributed by atoms with Crippen LogP contribution in [-0.4, -0.2) is 114 Å². The second-order valence-electron chi connectivity index (χ2n) is 29.0. The van der Waals surface area contributed by atoms with E-state index < -0.39 is 18.9 Å².